The third-order valence-electron chi connectivity index (χ3n) is 6.17. The number of amides is 3. The third kappa shape index (κ3) is 4.24. The van der Waals surface area contributed by atoms with E-state index in [1.807, 2.05) is 0 Å². The zero-order chi connectivity index (χ0) is 26.4. The Hall–Kier alpha value is -4.81. The van der Waals surface area contributed by atoms with Crippen LogP contribution in [0.3, 0.4) is 0 Å². The number of likely N-dealkylation sites (tertiary alicyclic amines) is 1. The minimum Gasteiger partial charge on any atom is -0.408 e. The molecule has 3 amide bonds. The Morgan fingerprint density at radius 3 is 2.76 bits per heavy atom. The van der Waals surface area contributed by atoms with Gasteiger partial charge in [-0.3, -0.25) is 19.0 Å². The van der Waals surface area contributed by atoms with Crippen LogP contribution in [0.1, 0.15) is 39.9 Å². The van der Waals surface area contributed by atoms with Gasteiger partial charge in [0.25, 0.3) is 11.8 Å². The molecule has 1 aliphatic heterocycles. The molecule has 4 aromatic rings. The minimum absolute atomic E-state index is 0.0671. The van der Waals surface area contributed by atoms with Gasteiger partial charge >= 0.3 is 5.76 Å². The first-order chi connectivity index (χ1) is 17.6. The van der Waals surface area contributed by atoms with Crippen molar-refractivity contribution in [1.82, 2.24) is 34.7 Å². The molecule has 1 aromatic carbocycles. The maximum atomic E-state index is 14.4. The van der Waals surface area contributed by atoms with Crippen molar-refractivity contribution >= 4 is 34.5 Å². The molecule has 4 heterocycles. The van der Waals surface area contributed by atoms with Gasteiger partial charge in [-0.25, -0.2) is 18.7 Å². The van der Waals surface area contributed by atoms with Crippen molar-refractivity contribution in [1.29, 1.82) is 0 Å². The molecule has 37 heavy (non-hydrogen) atoms. The van der Waals surface area contributed by atoms with E-state index < -0.39 is 29.4 Å². The summed E-state index contributed by atoms with van der Waals surface area (Å²) in [5.74, 6) is -3.00. The summed E-state index contributed by atoms with van der Waals surface area (Å²) in [6.45, 7) is 5.93. The zero-order valence-corrected chi connectivity index (χ0v) is 19.9. The lowest BCUT2D eigenvalue weighted by molar-refractivity contribution is -0.127. The first kappa shape index (κ1) is 23.9. The topological polar surface area (TPSA) is 144 Å². The van der Waals surface area contributed by atoms with Crippen LogP contribution >= 0.6 is 0 Å². The molecule has 0 radical (unpaired) electrons. The highest BCUT2D eigenvalue weighted by atomic mass is 19.1. The van der Waals surface area contributed by atoms with E-state index in [1.165, 1.54) is 15.5 Å². The number of nitrogens with one attached hydrogen (secondary N) is 2. The van der Waals surface area contributed by atoms with Gasteiger partial charge in [0.15, 0.2) is 17.0 Å². The number of hydrogen-bond donors (Lipinski definition) is 2. The van der Waals surface area contributed by atoms with Gasteiger partial charge in [0.1, 0.15) is 17.4 Å². The van der Waals surface area contributed by atoms with E-state index in [2.05, 4.69) is 27.3 Å². The van der Waals surface area contributed by atoms with E-state index in [1.54, 1.807) is 32.2 Å². The minimum atomic E-state index is -0.819. The monoisotopic (exact) mass is 507 g/mol. The van der Waals surface area contributed by atoms with Crippen molar-refractivity contribution in [2.45, 2.75) is 25.9 Å². The number of nitrogens with zero attached hydrogens (tertiary/aromatic N) is 5. The van der Waals surface area contributed by atoms with Gasteiger partial charge in [-0.1, -0.05) is 12.6 Å². The summed E-state index contributed by atoms with van der Waals surface area (Å²) in [6, 6.07) is 5.39. The normalized spacial score (nSPS) is 15.5. The molecule has 0 unspecified atom stereocenters. The molecule has 0 aliphatic carbocycles. The highest BCUT2D eigenvalue weighted by Gasteiger charge is 2.34. The summed E-state index contributed by atoms with van der Waals surface area (Å²) in [4.78, 5) is 55.7. The Labute approximate surface area is 208 Å². The Kier molecular flexibility index (Phi) is 5.82. The van der Waals surface area contributed by atoms with E-state index in [0.717, 1.165) is 10.7 Å². The summed E-state index contributed by atoms with van der Waals surface area (Å²) in [5.41, 5.74) is 1.53. The molecule has 1 fully saturated rings. The van der Waals surface area contributed by atoms with Gasteiger partial charge in [0, 0.05) is 31.9 Å². The molecule has 3 aromatic heterocycles. The molecule has 12 nitrogen and oxygen atoms in total. The number of benzene rings is 1. The third-order valence-corrected chi connectivity index (χ3v) is 6.17. The molecule has 0 bridgehead atoms. The quantitative estimate of drug-likeness (QED) is 0.398. The van der Waals surface area contributed by atoms with Gasteiger partial charge < -0.3 is 20.0 Å². The van der Waals surface area contributed by atoms with Gasteiger partial charge in [0.05, 0.1) is 11.7 Å². The fourth-order valence-electron chi connectivity index (χ4n) is 4.19. The van der Waals surface area contributed by atoms with Crippen LogP contribution in [-0.4, -0.2) is 54.4 Å². The van der Waals surface area contributed by atoms with E-state index in [9.17, 15) is 23.6 Å². The van der Waals surface area contributed by atoms with Gasteiger partial charge in [-0.2, -0.15) is 5.10 Å². The Morgan fingerprint density at radius 1 is 1.24 bits per heavy atom. The van der Waals surface area contributed by atoms with Crippen LogP contribution in [0.15, 0.2) is 51.9 Å². The molecule has 1 saturated heterocycles. The summed E-state index contributed by atoms with van der Waals surface area (Å²) >= 11 is 0. The number of oxazole rings is 1. The van der Waals surface area contributed by atoms with Crippen molar-refractivity contribution in [2.24, 2.45) is 7.05 Å². The van der Waals surface area contributed by atoms with Crippen LogP contribution < -0.4 is 16.4 Å². The molecule has 1 aliphatic rings. The van der Waals surface area contributed by atoms with E-state index in [-0.39, 0.29) is 29.5 Å². The number of fused-ring (bicyclic) bond motifs is 2. The Morgan fingerprint density at radius 2 is 2.03 bits per heavy atom. The number of hydrogen-bond acceptors (Lipinski definition) is 7. The molecule has 13 heteroatoms. The second kappa shape index (κ2) is 9.00. The number of carbonyl (C=O) groups excluding carboxylic acids is 3. The van der Waals surface area contributed by atoms with Crippen LogP contribution in [0, 0.1) is 5.82 Å². The largest absolute Gasteiger partial charge is 0.419 e. The van der Waals surface area contributed by atoms with Crippen LogP contribution in [0.25, 0.3) is 16.7 Å². The maximum Gasteiger partial charge on any atom is 0.419 e. The molecule has 1 atom stereocenters. The molecular formula is C24H22FN7O5. The molecular weight excluding hydrogens is 485 g/mol. The second-order valence-electron chi connectivity index (χ2n) is 8.71. The van der Waals surface area contributed by atoms with Gasteiger partial charge in [-0.15, -0.1) is 0 Å². The molecule has 190 valence electrons. The fraction of sp³-hybridized carbons (Fsp3) is 0.250. The lowest BCUT2D eigenvalue weighted by atomic mass is 10.2. The summed E-state index contributed by atoms with van der Waals surface area (Å²) in [6.07, 6.45) is 1.26. The van der Waals surface area contributed by atoms with Crippen molar-refractivity contribution in [3.8, 4) is 0 Å². The van der Waals surface area contributed by atoms with Crippen LogP contribution in [0.5, 0.6) is 0 Å². The van der Waals surface area contributed by atoms with Crippen molar-refractivity contribution in [2.75, 3.05) is 6.54 Å². The number of carbonyl (C=O) groups is 3. The fourth-order valence-corrected chi connectivity index (χ4v) is 4.19. The SMILES string of the molecule is C=C(C)N1CC[C@H](NC(=O)c2cc(C(=O)NCc3ccc4oc(=O)n(C)c4c3)nc3c(F)cnn23)C1=O. The predicted molar refractivity (Wildman–Crippen MR) is 128 cm³/mol. The Balaban J connectivity index is 1.38. The van der Waals surface area contributed by atoms with Gasteiger partial charge in [0.2, 0.25) is 5.91 Å². The zero-order valence-electron chi connectivity index (χ0n) is 19.9. The lowest BCUT2D eigenvalue weighted by Gasteiger charge is -2.16. The van der Waals surface area contributed by atoms with Crippen molar-refractivity contribution in [3.63, 3.8) is 0 Å². The standard InChI is InChI=1S/C24H22FN7O5/c1-12(2)31-7-6-15(23(31)35)29-22(34)18-9-16(28-20-14(25)11-27-32(18)20)21(33)26-10-13-4-5-19-17(8-13)30(3)24(36)37-19/h4-5,8-9,11,15H,1,6-7,10H2,2-3H3,(H,26,33)(H,29,34)/t15-/m0/s1. The highest BCUT2D eigenvalue weighted by molar-refractivity contribution is 6.00. The number of rotatable bonds is 6. The molecule has 5 rings (SSSR count). The average Bonchev–Trinajstić information content (AvgIpc) is 3.52. The highest BCUT2D eigenvalue weighted by Crippen LogP contribution is 2.18. The number of aromatic nitrogens is 4. The molecule has 2 N–H and O–H groups in total. The molecule has 0 saturated carbocycles. The first-order valence-electron chi connectivity index (χ1n) is 11.3. The van der Waals surface area contributed by atoms with Crippen molar-refractivity contribution < 1.29 is 23.2 Å². The summed E-state index contributed by atoms with van der Waals surface area (Å²) < 4.78 is 21.8. The van der Waals surface area contributed by atoms with E-state index in [4.69, 9.17) is 4.42 Å². The Bertz CT molecular complexity index is 1670. The van der Waals surface area contributed by atoms with Crippen LogP contribution in [-0.2, 0) is 18.4 Å². The summed E-state index contributed by atoms with van der Waals surface area (Å²) in [7, 11) is 1.57. The summed E-state index contributed by atoms with van der Waals surface area (Å²) in [5, 5.41) is 9.15. The van der Waals surface area contributed by atoms with E-state index in [0.29, 0.717) is 35.3 Å². The average molecular weight is 507 g/mol. The molecule has 0 spiro atoms. The van der Waals surface area contributed by atoms with Crippen LogP contribution in [0.2, 0.25) is 0 Å². The van der Waals surface area contributed by atoms with Gasteiger partial charge in [-0.05, 0) is 31.0 Å². The number of allylic oxidation sites excluding steroid dienone is 1. The van der Waals surface area contributed by atoms with E-state index >= 15 is 0 Å². The number of halogens is 1. The van der Waals surface area contributed by atoms with Crippen molar-refractivity contribution in [3.05, 3.63) is 76.1 Å². The number of aryl methyl sites for hydroxylation is 1. The first-order valence-corrected chi connectivity index (χ1v) is 11.3. The second-order valence-corrected chi connectivity index (χ2v) is 8.71. The predicted octanol–water partition coefficient (Wildman–Crippen LogP) is 1.11. The smallest absolute Gasteiger partial charge is 0.408 e. The lowest BCUT2D eigenvalue weighted by Crippen LogP contribution is -2.41. The van der Waals surface area contributed by atoms with Crippen LogP contribution in [0.4, 0.5) is 4.39 Å². The maximum absolute atomic E-state index is 14.4.